The van der Waals surface area contributed by atoms with E-state index in [0.717, 1.165) is 17.7 Å². The van der Waals surface area contributed by atoms with Crippen LogP contribution in [0.15, 0.2) is 48.5 Å². The minimum absolute atomic E-state index is 0.0177. The highest BCUT2D eigenvalue weighted by Crippen LogP contribution is 2.29. The van der Waals surface area contributed by atoms with Crippen LogP contribution in [0, 0.1) is 0 Å². The van der Waals surface area contributed by atoms with Crippen molar-refractivity contribution >= 4 is 29.1 Å². The summed E-state index contributed by atoms with van der Waals surface area (Å²) < 4.78 is 0. The molecule has 1 aliphatic heterocycles. The average molecular weight is 371 g/mol. The predicted octanol–water partition coefficient (Wildman–Crippen LogP) is 3.71. The maximum absolute atomic E-state index is 12.5. The number of hydrogen-bond acceptors (Lipinski definition) is 2. The standard InChI is InChI=1S/C21H23ClN2O2/c1-21(2,16-7-9-17(22)10-8-16)13-19(25)23-14-20(26)24-12-11-15-5-3-4-6-18(15)24/h3-10H,11-14H2,1-2H3,(H,23,25). The summed E-state index contributed by atoms with van der Waals surface area (Å²) in [5, 5.41) is 3.44. The van der Waals surface area contributed by atoms with Gasteiger partial charge < -0.3 is 10.2 Å². The third kappa shape index (κ3) is 4.07. The number of carbonyl (C=O) groups is 2. The van der Waals surface area contributed by atoms with Crippen molar-refractivity contribution in [1.29, 1.82) is 0 Å². The van der Waals surface area contributed by atoms with Crippen LogP contribution in [-0.2, 0) is 21.4 Å². The summed E-state index contributed by atoms with van der Waals surface area (Å²) in [5.41, 5.74) is 2.83. The molecule has 0 saturated carbocycles. The molecule has 1 aliphatic rings. The fourth-order valence-corrected chi connectivity index (χ4v) is 3.46. The van der Waals surface area contributed by atoms with Gasteiger partial charge in [0.05, 0.1) is 6.54 Å². The fraction of sp³-hybridized carbons (Fsp3) is 0.333. The SMILES string of the molecule is CC(C)(CC(=O)NCC(=O)N1CCc2ccccc21)c1ccc(Cl)cc1. The van der Waals surface area contributed by atoms with Crippen LogP contribution >= 0.6 is 11.6 Å². The Hall–Kier alpha value is -2.33. The van der Waals surface area contributed by atoms with E-state index in [1.165, 1.54) is 5.56 Å². The molecule has 0 bridgehead atoms. The van der Waals surface area contributed by atoms with Gasteiger partial charge >= 0.3 is 0 Å². The van der Waals surface area contributed by atoms with Crippen molar-refractivity contribution in [3.63, 3.8) is 0 Å². The summed E-state index contributed by atoms with van der Waals surface area (Å²) in [6.45, 7) is 4.71. The molecule has 2 amide bonds. The van der Waals surface area contributed by atoms with Gasteiger partial charge in [0, 0.05) is 23.7 Å². The van der Waals surface area contributed by atoms with Crippen LogP contribution in [0.1, 0.15) is 31.4 Å². The van der Waals surface area contributed by atoms with Gasteiger partial charge in [0.1, 0.15) is 0 Å². The van der Waals surface area contributed by atoms with Crippen molar-refractivity contribution in [2.45, 2.75) is 32.1 Å². The van der Waals surface area contributed by atoms with Crippen LogP contribution in [0.2, 0.25) is 5.02 Å². The molecule has 2 aromatic carbocycles. The molecule has 1 N–H and O–H groups in total. The number of anilines is 1. The third-order valence-electron chi connectivity index (χ3n) is 4.85. The Balaban J connectivity index is 1.56. The Kier molecular flexibility index (Phi) is 5.33. The molecule has 0 aromatic heterocycles. The van der Waals surface area contributed by atoms with Crippen molar-refractivity contribution < 1.29 is 9.59 Å². The minimum atomic E-state index is -0.335. The summed E-state index contributed by atoms with van der Waals surface area (Å²) in [7, 11) is 0. The molecule has 26 heavy (non-hydrogen) atoms. The maximum atomic E-state index is 12.5. The highest BCUT2D eigenvalue weighted by Gasteiger charge is 2.27. The second-order valence-corrected chi connectivity index (χ2v) is 7.70. The van der Waals surface area contributed by atoms with Crippen LogP contribution in [0.25, 0.3) is 0 Å². The molecule has 0 atom stereocenters. The van der Waals surface area contributed by atoms with Gasteiger partial charge in [-0.3, -0.25) is 9.59 Å². The van der Waals surface area contributed by atoms with Crippen molar-refractivity contribution in [2.24, 2.45) is 0 Å². The van der Waals surface area contributed by atoms with E-state index in [1.54, 1.807) is 4.90 Å². The third-order valence-corrected chi connectivity index (χ3v) is 5.11. The van der Waals surface area contributed by atoms with E-state index >= 15 is 0 Å². The predicted molar refractivity (Wildman–Crippen MR) is 105 cm³/mol. The van der Waals surface area contributed by atoms with E-state index in [-0.39, 0.29) is 23.8 Å². The van der Waals surface area contributed by atoms with E-state index in [4.69, 9.17) is 11.6 Å². The number of nitrogens with one attached hydrogen (secondary N) is 1. The summed E-state index contributed by atoms with van der Waals surface area (Å²) in [6, 6.07) is 15.4. The highest BCUT2D eigenvalue weighted by molar-refractivity contribution is 6.30. The number of carbonyl (C=O) groups excluding carboxylic acids is 2. The zero-order chi connectivity index (χ0) is 18.7. The molecule has 0 aliphatic carbocycles. The van der Waals surface area contributed by atoms with E-state index in [2.05, 4.69) is 5.32 Å². The van der Waals surface area contributed by atoms with Crippen molar-refractivity contribution in [2.75, 3.05) is 18.0 Å². The molecule has 3 rings (SSSR count). The molecule has 0 spiro atoms. The molecule has 4 nitrogen and oxygen atoms in total. The zero-order valence-electron chi connectivity index (χ0n) is 15.1. The number of amides is 2. The lowest BCUT2D eigenvalue weighted by Crippen LogP contribution is -2.40. The van der Waals surface area contributed by atoms with Crippen LogP contribution < -0.4 is 10.2 Å². The molecule has 1 heterocycles. The second-order valence-electron chi connectivity index (χ2n) is 7.27. The summed E-state index contributed by atoms with van der Waals surface area (Å²) in [5.74, 6) is -0.210. The minimum Gasteiger partial charge on any atom is -0.347 e. The molecule has 5 heteroatoms. The Morgan fingerprint density at radius 2 is 1.81 bits per heavy atom. The van der Waals surface area contributed by atoms with Crippen molar-refractivity contribution in [1.82, 2.24) is 5.32 Å². The zero-order valence-corrected chi connectivity index (χ0v) is 15.8. The molecule has 0 saturated heterocycles. The smallest absolute Gasteiger partial charge is 0.246 e. The number of halogens is 1. The summed E-state index contributed by atoms with van der Waals surface area (Å²) in [4.78, 5) is 26.6. The molecule has 2 aromatic rings. The average Bonchev–Trinajstić information content (AvgIpc) is 3.04. The topological polar surface area (TPSA) is 49.4 Å². The largest absolute Gasteiger partial charge is 0.347 e. The lowest BCUT2D eigenvalue weighted by molar-refractivity contribution is -0.125. The van der Waals surface area contributed by atoms with Crippen LogP contribution in [0.4, 0.5) is 5.69 Å². The molecule has 0 fully saturated rings. The van der Waals surface area contributed by atoms with Crippen LogP contribution in [0.5, 0.6) is 0 Å². The van der Waals surface area contributed by atoms with Gasteiger partial charge in [-0.15, -0.1) is 0 Å². The monoisotopic (exact) mass is 370 g/mol. The quantitative estimate of drug-likeness (QED) is 0.872. The molecule has 136 valence electrons. The molecular weight excluding hydrogens is 348 g/mol. The number of fused-ring (bicyclic) bond motifs is 1. The van der Waals surface area contributed by atoms with Gasteiger partial charge in [-0.25, -0.2) is 0 Å². The van der Waals surface area contributed by atoms with E-state index < -0.39 is 0 Å². The summed E-state index contributed by atoms with van der Waals surface area (Å²) >= 11 is 5.93. The van der Waals surface area contributed by atoms with Gasteiger partial charge in [0.15, 0.2) is 0 Å². The lowest BCUT2D eigenvalue weighted by atomic mass is 9.81. The first-order valence-corrected chi connectivity index (χ1v) is 9.16. The van der Waals surface area contributed by atoms with Gasteiger partial charge in [0.25, 0.3) is 0 Å². The molecule has 0 radical (unpaired) electrons. The van der Waals surface area contributed by atoms with E-state index in [1.807, 2.05) is 62.4 Å². The lowest BCUT2D eigenvalue weighted by Gasteiger charge is -2.25. The Morgan fingerprint density at radius 1 is 1.12 bits per heavy atom. The summed E-state index contributed by atoms with van der Waals surface area (Å²) in [6.07, 6.45) is 1.16. The van der Waals surface area contributed by atoms with Gasteiger partial charge in [0.2, 0.25) is 11.8 Å². The van der Waals surface area contributed by atoms with E-state index in [9.17, 15) is 9.59 Å². The Labute approximate surface area is 159 Å². The van der Waals surface area contributed by atoms with Crippen LogP contribution in [-0.4, -0.2) is 24.9 Å². The number of rotatable bonds is 5. The first kappa shape index (κ1) is 18.5. The number of para-hydroxylation sites is 1. The number of nitrogens with zero attached hydrogens (tertiary/aromatic N) is 1. The molecular formula is C21H23ClN2O2. The normalized spacial score (nSPS) is 13.4. The highest BCUT2D eigenvalue weighted by atomic mass is 35.5. The van der Waals surface area contributed by atoms with Crippen molar-refractivity contribution in [3.05, 3.63) is 64.7 Å². The Morgan fingerprint density at radius 3 is 2.54 bits per heavy atom. The van der Waals surface area contributed by atoms with E-state index in [0.29, 0.717) is 18.0 Å². The Bertz CT molecular complexity index is 815. The first-order valence-electron chi connectivity index (χ1n) is 8.78. The first-order chi connectivity index (χ1) is 12.4. The van der Waals surface area contributed by atoms with Gasteiger partial charge in [-0.2, -0.15) is 0 Å². The number of hydrogen-bond donors (Lipinski definition) is 1. The molecule has 0 unspecified atom stereocenters. The van der Waals surface area contributed by atoms with Crippen LogP contribution in [0.3, 0.4) is 0 Å². The fourth-order valence-electron chi connectivity index (χ4n) is 3.33. The van der Waals surface area contributed by atoms with Gasteiger partial charge in [-0.05, 0) is 41.2 Å². The second kappa shape index (κ2) is 7.50. The maximum Gasteiger partial charge on any atom is 0.246 e. The number of benzene rings is 2. The van der Waals surface area contributed by atoms with Crippen molar-refractivity contribution in [3.8, 4) is 0 Å². The van der Waals surface area contributed by atoms with Gasteiger partial charge in [-0.1, -0.05) is 55.8 Å².